The van der Waals surface area contributed by atoms with Gasteiger partial charge >= 0.3 is 0 Å². The molecule has 0 bridgehead atoms. The molecule has 0 spiro atoms. The molecule has 27 heavy (non-hydrogen) atoms. The van der Waals surface area contributed by atoms with Crippen LogP contribution in [0.15, 0.2) is 42.5 Å². The van der Waals surface area contributed by atoms with Crippen molar-refractivity contribution in [2.45, 2.75) is 19.9 Å². The molecule has 2 aromatic carbocycles. The van der Waals surface area contributed by atoms with E-state index in [9.17, 15) is 18.4 Å². The number of benzene rings is 2. The zero-order valence-electron chi connectivity index (χ0n) is 15.5. The van der Waals surface area contributed by atoms with E-state index in [1.807, 2.05) is 31.2 Å². The third-order valence-electron chi connectivity index (χ3n) is 4.19. The van der Waals surface area contributed by atoms with Crippen LogP contribution in [-0.4, -0.2) is 35.3 Å². The van der Waals surface area contributed by atoms with Crippen molar-refractivity contribution in [1.82, 2.24) is 4.90 Å². The number of rotatable bonds is 7. The van der Waals surface area contributed by atoms with E-state index in [-0.39, 0.29) is 23.3 Å². The summed E-state index contributed by atoms with van der Waals surface area (Å²) in [4.78, 5) is 25.7. The molecule has 0 fully saturated rings. The van der Waals surface area contributed by atoms with Gasteiger partial charge in [0.1, 0.15) is 0 Å². The Kier molecular flexibility index (Phi) is 7.36. The molecule has 144 valence electrons. The maximum atomic E-state index is 13.4. The number of carbonyl (C=O) groups excluding carboxylic acids is 2. The summed E-state index contributed by atoms with van der Waals surface area (Å²) < 4.78 is 26.4. The van der Waals surface area contributed by atoms with Gasteiger partial charge < -0.3 is 10.2 Å². The number of thioether (sulfide) groups is 1. The van der Waals surface area contributed by atoms with Gasteiger partial charge in [-0.25, -0.2) is 8.78 Å². The molecule has 0 heterocycles. The minimum Gasteiger partial charge on any atom is -0.338 e. The molecule has 1 unspecified atom stereocenters. The standard InChI is InChI=1S/C20H22F2N2O2S/c1-13-4-7-16(8-5-13)23-19(25)11-27-12-20(26)24(3)14(2)15-6-9-17(21)18(22)10-15/h4-10,14H,11-12H2,1-3H3,(H,23,25). The molecule has 0 aliphatic heterocycles. The maximum absolute atomic E-state index is 13.4. The topological polar surface area (TPSA) is 49.4 Å². The number of amides is 2. The molecule has 1 N–H and O–H groups in total. The van der Waals surface area contributed by atoms with E-state index in [1.165, 1.54) is 22.7 Å². The van der Waals surface area contributed by atoms with Gasteiger partial charge in [0.05, 0.1) is 17.5 Å². The van der Waals surface area contributed by atoms with Crippen molar-refractivity contribution in [3.8, 4) is 0 Å². The van der Waals surface area contributed by atoms with Crippen molar-refractivity contribution in [2.24, 2.45) is 0 Å². The minimum absolute atomic E-state index is 0.117. The molecule has 0 aliphatic rings. The van der Waals surface area contributed by atoms with E-state index in [0.717, 1.165) is 17.7 Å². The van der Waals surface area contributed by atoms with Gasteiger partial charge in [-0.1, -0.05) is 23.8 Å². The first-order valence-corrected chi connectivity index (χ1v) is 9.58. The van der Waals surface area contributed by atoms with E-state index in [0.29, 0.717) is 11.3 Å². The normalized spacial score (nSPS) is 11.7. The van der Waals surface area contributed by atoms with Crippen molar-refractivity contribution < 1.29 is 18.4 Å². The molecule has 7 heteroatoms. The zero-order chi connectivity index (χ0) is 20.0. The van der Waals surface area contributed by atoms with Crippen molar-refractivity contribution in [3.05, 3.63) is 65.2 Å². The Morgan fingerprint density at radius 3 is 2.37 bits per heavy atom. The van der Waals surface area contributed by atoms with Crippen molar-refractivity contribution in [1.29, 1.82) is 0 Å². The number of hydrogen-bond donors (Lipinski definition) is 1. The second-order valence-corrected chi connectivity index (χ2v) is 7.25. The summed E-state index contributed by atoms with van der Waals surface area (Å²) in [5, 5.41) is 2.77. The lowest BCUT2D eigenvalue weighted by atomic mass is 10.1. The zero-order valence-corrected chi connectivity index (χ0v) is 16.3. The van der Waals surface area contributed by atoms with Gasteiger partial charge in [-0.15, -0.1) is 11.8 Å². The predicted molar refractivity (Wildman–Crippen MR) is 105 cm³/mol. The highest BCUT2D eigenvalue weighted by Gasteiger charge is 2.19. The lowest BCUT2D eigenvalue weighted by Crippen LogP contribution is -2.31. The number of nitrogens with one attached hydrogen (secondary N) is 1. The second kappa shape index (κ2) is 9.50. The molecule has 2 aromatic rings. The first-order valence-electron chi connectivity index (χ1n) is 8.43. The number of hydrogen-bond acceptors (Lipinski definition) is 3. The summed E-state index contributed by atoms with van der Waals surface area (Å²) in [6.45, 7) is 3.70. The van der Waals surface area contributed by atoms with Crippen LogP contribution in [0.5, 0.6) is 0 Å². The lowest BCUT2D eigenvalue weighted by Gasteiger charge is -2.25. The molecule has 0 aliphatic carbocycles. The van der Waals surface area contributed by atoms with Crippen LogP contribution in [0.1, 0.15) is 24.1 Å². The van der Waals surface area contributed by atoms with E-state index in [4.69, 9.17) is 0 Å². The van der Waals surface area contributed by atoms with Crippen LogP contribution in [0.25, 0.3) is 0 Å². The van der Waals surface area contributed by atoms with Crippen LogP contribution in [0.2, 0.25) is 0 Å². The monoisotopic (exact) mass is 392 g/mol. The fourth-order valence-electron chi connectivity index (χ4n) is 2.38. The molecule has 4 nitrogen and oxygen atoms in total. The van der Waals surface area contributed by atoms with Crippen LogP contribution < -0.4 is 5.32 Å². The Balaban J connectivity index is 1.80. The van der Waals surface area contributed by atoms with Gasteiger partial charge in [0.25, 0.3) is 0 Å². The minimum atomic E-state index is -0.942. The number of anilines is 1. The Hall–Kier alpha value is -2.41. The van der Waals surface area contributed by atoms with Gasteiger partial charge in [0.15, 0.2) is 11.6 Å². The van der Waals surface area contributed by atoms with E-state index in [1.54, 1.807) is 14.0 Å². The van der Waals surface area contributed by atoms with Gasteiger partial charge in [-0.3, -0.25) is 9.59 Å². The van der Waals surface area contributed by atoms with E-state index in [2.05, 4.69) is 5.32 Å². The molecule has 0 saturated carbocycles. The Morgan fingerprint density at radius 2 is 1.74 bits per heavy atom. The summed E-state index contributed by atoms with van der Waals surface area (Å²) in [5.74, 6) is -1.98. The van der Waals surface area contributed by atoms with Gasteiger partial charge in [0.2, 0.25) is 11.8 Å². The van der Waals surface area contributed by atoms with E-state index < -0.39 is 17.7 Å². The summed E-state index contributed by atoms with van der Waals surface area (Å²) in [6, 6.07) is 10.6. The van der Waals surface area contributed by atoms with E-state index >= 15 is 0 Å². The SMILES string of the molecule is Cc1ccc(NC(=O)CSCC(=O)N(C)C(C)c2ccc(F)c(F)c2)cc1. The Bertz CT molecular complexity index is 812. The molecule has 2 amide bonds. The van der Waals surface area contributed by atoms with Crippen LogP contribution in [0, 0.1) is 18.6 Å². The number of nitrogens with zero attached hydrogens (tertiary/aromatic N) is 1. The number of aryl methyl sites for hydroxylation is 1. The smallest absolute Gasteiger partial charge is 0.234 e. The maximum Gasteiger partial charge on any atom is 0.234 e. The Labute approximate surface area is 161 Å². The van der Waals surface area contributed by atoms with Gasteiger partial charge in [0, 0.05) is 12.7 Å². The molecule has 0 saturated heterocycles. The van der Waals surface area contributed by atoms with Crippen LogP contribution >= 0.6 is 11.8 Å². The summed E-state index contributed by atoms with van der Waals surface area (Å²) in [6.07, 6.45) is 0. The van der Waals surface area contributed by atoms with Crippen molar-refractivity contribution >= 4 is 29.3 Å². The largest absolute Gasteiger partial charge is 0.338 e. The quantitative estimate of drug-likeness (QED) is 0.770. The van der Waals surface area contributed by atoms with Gasteiger partial charge in [-0.2, -0.15) is 0 Å². The molecule has 0 radical (unpaired) electrons. The Morgan fingerprint density at radius 1 is 1.07 bits per heavy atom. The fraction of sp³-hybridized carbons (Fsp3) is 0.300. The second-order valence-electron chi connectivity index (χ2n) is 6.26. The molecule has 0 aromatic heterocycles. The number of halogens is 2. The summed E-state index contributed by atoms with van der Waals surface area (Å²) in [7, 11) is 1.60. The third-order valence-corrected chi connectivity index (χ3v) is 5.11. The van der Waals surface area contributed by atoms with Crippen LogP contribution in [-0.2, 0) is 9.59 Å². The number of carbonyl (C=O) groups is 2. The lowest BCUT2D eigenvalue weighted by molar-refractivity contribution is -0.128. The first kappa shape index (κ1) is 20.9. The predicted octanol–water partition coefficient (Wildman–Crippen LogP) is 4.16. The summed E-state index contributed by atoms with van der Waals surface area (Å²) in [5.41, 5.74) is 2.32. The van der Waals surface area contributed by atoms with Crippen molar-refractivity contribution in [3.63, 3.8) is 0 Å². The van der Waals surface area contributed by atoms with Crippen LogP contribution in [0.3, 0.4) is 0 Å². The highest BCUT2D eigenvalue weighted by atomic mass is 32.2. The van der Waals surface area contributed by atoms with Crippen molar-refractivity contribution in [2.75, 3.05) is 23.9 Å². The highest BCUT2D eigenvalue weighted by molar-refractivity contribution is 8.00. The molecule has 1 atom stereocenters. The fourth-order valence-corrected chi connectivity index (χ4v) is 3.12. The molecular formula is C20H22F2N2O2S. The van der Waals surface area contributed by atoms with Crippen LogP contribution in [0.4, 0.5) is 14.5 Å². The summed E-state index contributed by atoms with van der Waals surface area (Å²) >= 11 is 1.20. The highest BCUT2D eigenvalue weighted by Crippen LogP contribution is 2.21. The average molecular weight is 392 g/mol. The molecular weight excluding hydrogens is 370 g/mol. The average Bonchev–Trinajstić information content (AvgIpc) is 2.64. The molecule has 2 rings (SSSR count). The van der Waals surface area contributed by atoms with Gasteiger partial charge in [-0.05, 0) is 43.7 Å². The third kappa shape index (κ3) is 6.06. The first-order chi connectivity index (χ1) is 12.8.